The monoisotopic (exact) mass is 224 g/mol. The Hall–Kier alpha value is -0.800. The van der Waals surface area contributed by atoms with Gasteiger partial charge < -0.3 is 10.7 Å². The van der Waals surface area contributed by atoms with E-state index in [1.807, 2.05) is 18.3 Å². The van der Waals surface area contributed by atoms with Crippen LogP contribution in [0.15, 0.2) is 28.9 Å². The molecule has 62 valence electrons. The Balaban J connectivity index is 2.71. The van der Waals surface area contributed by atoms with Gasteiger partial charge >= 0.3 is 0 Å². The summed E-state index contributed by atoms with van der Waals surface area (Å²) in [4.78, 5) is 3.15. The quantitative estimate of drug-likeness (QED) is 0.768. The topological polar surface area (TPSA) is 41.8 Å². The van der Waals surface area contributed by atoms with Gasteiger partial charge in [-0.2, -0.15) is 0 Å². The van der Waals surface area contributed by atoms with E-state index in [0.717, 1.165) is 15.6 Å². The normalized spacial score (nSPS) is 10.8. The van der Waals surface area contributed by atoms with Crippen molar-refractivity contribution in [1.82, 2.24) is 4.98 Å². The Morgan fingerprint density at radius 3 is 3.00 bits per heavy atom. The van der Waals surface area contributed by atoms with Crippen LogP contribution in [-0.4, -0.2) is 4.98 Å². The van der Waals surface area contributed by atoms with Crippen molar-refractivity contribution in [3.8, 4) is 0 Å². The number of rotatable bonds is 1. The van der Waals surface area contributed by atoms with Crippen LogP contribution in [0.4, 0.5) is 0 Å². The highest BCUT2D eigenvalue weighted by molar-refractivity contribution is 9.10. The van der Waals surface area contributed by atoms with Crippen molar-refractivity contribution in [3.63, 3.8) is 0 Å². The number of aromatic amines is 1. The van der Waals surface area contributed by atoms with E-state index < -0.39 is 0 Å². The maximum Gasteiger partial charge on any atom is 0.0465 e. The van der Waals surface area contributed by atoms with Gasteiger partial charge in [0.15, 0.2) is 0 Å². The van der Waals surface area contributed by atoms with Crippen LogP contribution in [0.3, 0.4) is 0 Å². The molecule has 0 unspecified atom stereocenters. The molecule has 0 atom stereocenters. The number of hydrogen-bond acceptors (Lipinski definition) is 1. The van der Waals surface area contributed by atoms with Crippen LogP contribution in [0.2, 0.25) is 0 Å². The summed E-state index contributed by atoms with van der Waals surface area (Å²) in [6, 6.07) is 6.17. The first-order chi connectivity index (χ1) is 5.81. The number of nitrogens with one attached hydrogen (secondary N) is 1. The lowest BCUT2D eigenvalue weighted by molar-refractivity contribution is 1.08. The number of fused-ring (bicyclic) bond motifs is 1. The van der Waals surface area contributed by atoms with Crippen molar-refractivity contribution in [2.24, 2.45) is 5.73 Å². The Bertz CT molecular complexity index is 406. The van der Waals surface area contributed by atoms with Crippen LogP contribution in [0, 0.1) is 0 Å². The van der Waals surface area contributed by atoms with E-state index in [0.29, 0.717) is 6.54 Å². The zero-order valence-electron chi connectivity index (χ0n) is 6.47. The summed E-state index contributed by atoms with van der Waals surface area (Å²) in [6.45, 7) is 0.591. The fourth-order valence-corrected chi connectivity index (χ4v) is 1.70. The fraction of sp³-hybridized carbons (Fsp3) is 0.111. The van der Waals surface area contributed by atoms with Crippen LogP contribution >= 0.6 is 15.9 Å². The molecule has 1 heterocycles. The van der Waals surface area contributed by atoms with Gasteiger partial charge in [0.1, 0.15) is 0 Å². The van der Waals surface area contributed by atoms with Crippen LogP contribution in [0.25, 0.3) is 10.9 Å². The van der Waals surface area contributed by atoms with Gasteiger partial charge in [-0.1, -0.05) is 6.07 Å². The second-order valence-corrected chi connectivity index (χ2v) is 3.58. The molecule has 0 bridgehead atoms. The number of nitrogens with two attached hydrogens (primary N) is 1. The molecule has 0 radical (unpaired) electrons. The smallest absolute Gasteiger partial charge is 0.0465 e. The Labute approximate surface area is 78.9 Å². The van der Waals surface area contributed by atoms with Crippen molar-refractivity contribution in [1.29, 1.82) is 0 Å². The molecule has 0 fully saturated rings. The molecule has 2 nitrogen and oxygen atoms in total. The SMILES string of the molecule is NCc1ccc2[nH]cc(Br)c2c1. The number of aromatic nitrogens is 1. The predicted octanol–water partition coefficient (Wildman–Crippen LogP) is 2.39. The van der Waals surface area contributed by atoms with Crippen molar-refractivity contribution in [2.75, 3.05) is 0 Å². The van der Waals surface area contributed by atoms with Gasteiger partial charge in [0.05, 0.1) is 0 Å². The maximum atomic E-state index is 5.53. The number of halogens is 1. The third-order valence-corrected chi connectivity index (χ3v) is 2.59. The lowest BCUT2D eigenvalue weighted by Crippen LogP contribution is -1.94. The van der Waals surface area contributed by atoms with E-state index in [9.17, 15) is 0 Å². The van der Waals surface area contributed by atoms with Crippen molar-refractivity contribution in [2.45, 2.75) is 6.54 Å². The van der Waals surface area contributed by atoms with Gasteiger partial charge in [-0.3, -0.25) is 0 Å². The Morgan fingerprint density at radius 1 is 1.42 bits per heavy atom. The number of benzene rings is 1. The molecule has 1 aromatic heterocycles. The van der Waals surface area contributed by atoms with Crippen LogP contribution in [-0.2, 0) is 6.54 Å². The molecule has 0 amide bonds. The molecule has 0 saturated heterocycles. The van der Waals surface area contributed by atoms with Gasteiger partial charge in [-0.25, -0.2) is 0 Å². The lowest BCUT2D eigenvalue weighted by atomic mass is 10.1. The molecular weight excluding hydrogens is 216 g/mol. The van der Waals surface area contributed by atoms with E-state index in [2.05, 4.69) is 27.0 Å². The van der Waals surface area contributed by atoms with E-state index in [-0.39, 0.29) is 0 Å². The Morgan fingerprint density at radius 2 is 2.25 bits per heavy atom. The van der Waals surface area contributed by atoms with Gasteiger partial charge in [0.2, 0.25) is 0 Å². The van der Waals surface area contributed by atoms with E-state index in [1.165, 1.54) is 5.39 Å². The number of H-pyrrole nitrogens is 1. The second-order valence-electron chi connectivity index (χ2n) is 2.72. The number of hydrogen-bond donors (Lipinski definition) is 2. The maximum absolute atomic E-state index is 5.53. The molecule has 0 spiro atoms. The molecular formula is C9H9BrN2. The zero-order valence-corrected chi connectivity index (χ0v) is 8.06. The highest BCUT2D eigenvalue weighted by atomic mass is 79.9. The molecule has 2 rings (SSSR count). The summed E-state index contributed by atoms with van der Waals surface area (Å²) in [5.74, 6) is 0. The fourth-order valence-electron chi connectivity index (χ4n) is 1.26. The molecule has 1 aromatic carbocycles. The minimum atomic E-state index is 0.591. The van der Waals surface area contributed by atoms with Gasteiger partial charge in [-0.15, -0.1) is 0 Å². The summed E-state index contributed by atoms with van der Waals surface area (Å²) in [5.41, 5.74) is 7.83. The summed E-state index contributed by atoms with van der Waals surface area (Å²) >= 11 is 3.46. The minimum absolute atomic E-state index is 0.591. The third kappa shape index (κ3) is 1.15. The average Bonchev–Trinajstić information content (AvgIpc) is 2.47. The van der Waals surface area contributed by atoms with Gasteiger partial charge in [0, 0.05) is 28.1 Å². The molecule has 3 heteroatoms. The highest BCUT2D eigenvalue weighted by Crippen LogP contribution is 2.23. The predicted molar refractivity (Wildman–Crippen MR) is 53.9 cm³/mol. The van der Waals surface area contributed by atoms with E-state index in [1.54, 1.807) is 0 Å². The molecule has 2 aromatic rings. The van der Waals surface area contributed by atoms with Crippen molar-refractivity contribution >= 4 is 26.8 Å². The molecule has 0 aliphatic rings. The first kappa shape index (κ1) is 7.83. The lowest BCUT2D eigenvalue weighted by Gasteiger charge is -1.96. The highest BCUT2D eigenvalue weighted by Gasteiger charge is 2.00. The molecule has 3 N–H and O–H groups in total. The second kappa shape index (κ2) is 2.92. The molecule has 0 aliphatic heterocycles. The minimum Gasteiger partial charge on any atom is -0.360 e. The first-order valence-corrected chi connectivity index (χ1v) is 4.56. The van der Waals surface area contributed by atoms with Crippen LogP contribution in [0.1, 0.15) is 5.56 Å². The van der Waals surface area contributed by atoms with Gasteiger partial charge in [0.25, 0.3) is 0 Å². The average molecular weight is 225 g/mol. The van der Waals surface area contributed by atoms with Crippen molar-refractivity contribution in [3.05, 3.63) is 34.4 Å². The zero-order chi connectivity index (χ0) is 8.55. The van der Waals surface area contributed by atoms with E-state index in [4.69, 9.17) is 5.73 Å². The summed E-state index contributed by atoms with van der Waals surface area (Å²) in [5, 5.41) is 1.19. The summed E-state index contributed by atoms with van der Waals surface area (Å²) in [7, 11) is 0. The Kier molecular flexibility index (Phi) is 1.90. The van der Waals surface area contributed by atoms with Crippen molar-refractivity contribution < 1.29 is 0 Å². The standard InChI is InChI=1S/C9H9BrN2/c10-8-5-12-9-2-1-6(4-11)3-7(8)9/h1-3,5,12H,4,11H2. The first-order valence-electron chi connectivity index (χ1n) is 3.77. The molecule has 0 aliphatic carbocycles. The molecule has 0 saturated carbocycles. The summed E-state index contributed by atoms with van der Waals surface area (Å²) < 4.78 is 1.09. The van der Waals surface area contributed by atoms with Crippen LogP contribution in [0.5, 0.6) is 0 Å². The van der Waals surface area contributed by atoms with Crippen LogP contribution < -0.4 is 5.73 Å². The largest absolute Gasteiger partial charge is 0.360 e. The van der Waals surface area contributed by atoms with E-state index >= 15 is 0 Å². The van der Waals surface area contributed by atoms with Gasteiger partial charge in [-0.05, 0) is 33.6 Å². The summed E-state index contributed by atoms with van der Waals surface area (Å²) in [6.07, 6.45) is 1.94. The third-order valence-electron chi connectivity index (χ3n) is 1.93. The molecule has 12 heavy (non-hydrogen) atoms.